The van der Waals surface area contributed by atoms with Crippen LogP contribution in [0.25, 0.3) is 0 Å². The van der Waals surface area contributed by atoms with E-state index >= 15 is 0 Å². The standard InChI is InChI=1S/C17H33N/c1-17(2,3)11-9-16-10-12-18(14-16)13-15-7-5-4-6-8-15/h15-16H,4-14H2,1-3H3/t16-/m1/s1. The third kappa shape index (κ3) is 4.91. The van der Waals surface area contributed by atoms with Gasteiger partial charge in [0.1, 0.15) is 0 Å². The second-order valence-electron chi connectivity index (χ2n) is 8.02. The van der Waals surface area contributed by atoms with Gasteiger partial charge < -0.3 is 4.90 Å². The lowest BCUT2D eigenvalue weighted by Crippen LogP contribution is -2.28. The Balaban J connectivity index is 1.65. The van der Waals surface area contributed by atoms with Gasteiger partial charge in [0.2, 0.25) is 0 Å². The van der Waals surface area contributed by atoms with Crippen LogP contribution >= 0.6 is 0 Å². The van der Waals surface area contributed by atoms with E-state index in [0.717, 1.165) is 11.8 Å². The molecule has 0 amide bonds. The Morgan fingerprint density at radius 1 is 0.944 bits per heavy atom. The maximum atomic E-state index is 2.77. The summed E-state index contributed by atoms with van der Waals surface area (Å²) in [6, 6.07) is 0. The van der Waals surface area contributed by atoms with Gasteiger partial charge in [-0.25, -0.2) is 0 Å². The van der Waals surface area contributed by atoms with Gasteiger partial charge in [-0.3, -0.25) is 0 Å². The molecule has 1 saturated carbocycles. The minimum atomic E-state index is 0.525. The summed E-state index contributed by atoms with van der Waals surface area (Å²) in [5.74, 6) is 2.02. The maximum Gasteiger partial charge on any atom is 0.00103 e. The molecule has 1 aliphatic heterocycles. The van der Waals surface area contributed by atoms with Crippen molar-refractivity contribution in [1.29, 1.82) is 0 Å². The van der Waals surface area contributed by atoms with Crippen molar-refractivity contribution in [2.24, 2.45) is 17.3 Å². The van der Waals surface area contributed by atoms with Gasteiger partial charge in [-0.15, -0.1) is 0 Å². The molecule has 1 heteroatoms. The Kier molecular flexibility index (Phi) is 5.12. The van der Waals surface area contributed by atoms with E-state index in [2.05, 4.69) is 25.7 Å². The smallest absolute Gasteiger partial charge is 0.00103 e. The summed E-state index contributed by atoms with van der Waals surface area (Å²) in [6.45, 7) is 11.3. The van der Waals surface area contributed by atoms with Crippen molar-refractivity contribution >= 4 is 0 Å². The van der Waals surface area contributed by atoms with Crippen molar-refractivity contribution in [2.75, 3.05) is 19.6 Å². The van der Waals surface area contributed by atoms with Crippen LogP contribution in [-0.2, 0) is 0 Å². The zero-order valence-electron chi connectivity index (χ0n) is 12.9. The van der Waals surface area contributed by atoms with Crippen LogP contribution < -0.4 is 0 Å². The normalized spacial score (nSPS) is 27.8. The van der Waals surface area contributed by atoms with E-state index in [0.29, 0.717) is 5.41 Å². The molecule has 2 aliphatic rings. The minimum Gasteiger partial charge on any atom is -0.303 e. The van der Waals surface area contributed by atoms with E-state index in [-0.39, 0.29) is 0 Å². The Morgan fingerprint density at radius 2 is 1.67 bits per heavy atom. The number of hydrogen-bond acceptors (Lipinski definition) is 1. The van der Waals surface area contributed by atoms with Gasteiger partial charge in [0.05, 0.1) is 0 Å². The van der Waals surface area contributed by atoms with E-state index in [1.165, 1.54) is 71.0 Å². The van der Waals surface area contributed by atoms with Crippen LogP contribution in [0.15, 0.2) is 0 Å². The lowest BCUT2D eigenvalue weighted by atomic mass is 9.86. The second-order valence-corrected chi connectivity index (χ2v) is 8.02. The molecule has 0 aromatic rings. The molecule has 0 unspecified atom stereocenters. The highest BCUT2D eigenvalue weighted by Gasteiger charge is 2.26. The summed E-state index contributed by atoms with van der Waals surface area (Å²) in [5.41, 5.74) is 0.525. The number of nitrogens with zero attached hydrogens (tertiary/aromatic N) is 1. The third-order valence-electron chi connectivity index (χ3n) is 4.91. The number of likely N-dealkylation sites (tertiary alicyclic amines) is 1. The Bertz CT molecular complexity index is 234. The van der Waals surface area contributed by atoms with E-state index in [4.69, 9.17) is 0 Å². The van der Waals surface area contributed by atoms with Gasteiger partial charge in [0.25, 0.3) is 0 Å². The van der Waals surface area contributed by atoms with Gasteiger partial charge in [-0.05, 0) is 55.9 Å². The minimum absolute atomic E-state index is 0.525. The largest absolute Gasteiger partial charge is 0.303 e. The maximum absolute atomic E-state index is 2.77. The average Bonchev–Trinajstić information content (AvgIpc) is 2.75. The molecule has 0 spiro atoms. The van der Waals surface area contributed by atoms with Crippen molar-refractivity contribution in [3.63, 3.8) is 0 Å². The Morgan fingerprint density at radius 3 is 2.33 bits per heavy atom. The first kappa shape index (κ1) is 14.4. The predicted molar refractivity (Wildman–Crippen MR) is 79.8 cm³/mol. The molecule has 0 aromatic heterocycles. The van der Waals surface area contributed by atoms with Crippen molar-refractivity contribution in [1.82, 2.24) is 4.90 Å². The first-order valence-corrected chi connectivity index (χ1v) is 8.25. The molecule has 0 bridgehead atoms. The van der Waals surface area contributed by atoms with E-state index in [9.17, 15) is 0 Å². The fourth-order valence-electron chi connectivity index (χ4n) is 3.69. The summed E-state index contributed by atoms with van der Waals surface area (Å²) < 4.78 is 0. The molecule has 1 nitrogen and oxygen atoms in total. The van der Waals surface area contributed by atoms with Crippen LogP contribution in [0.1, 0.15) is 72.1 Å². The van der Waals surface area contributed by atoms with E-state index < -0.39 is 0 Å². The van der Waals surface area contributed by atoms with Crippen molar-refractivity contribution in [3.8, 4) is 0 Å². The molecule has 106 valence electrons. The zero-order valence-corrected chi connectivity index (χ0v) is 12.9. The molecule has 1 heterocycles. The molecule has 0 N–H and O–H groups in total. The molecule has 2 rings (SSSR count). The second kappa shape index (κ2) is 6.41. The molecule has 0 aromatic carbocycles. The summed E-state index contributed by atoms with van der Waals surface area (Å²) in [4.78, 5) is 2.77. The first-order chi connectivity index (χ1) is 8.53. The summed E-state index contributed by atoms with van der Waals surface area (Å²) in [5, 5.41) is 0. The summed E-state index contributed by atoms with van der Waals surface area (Å²) in [7, 11) is 0. The quantitative estimate of drug-likeness (QED) is 0.699. The third-order valence-corrected chi connectivity index (χ3v) is 4.91. The molecular weight excluding hydrogens is 218 g/mol. The highest BCUT2D eigenvalue weighted by molar-refractivity contribution is 4.80. The van der Waals surface area contributed by atoms with E-state index in [1.807, 2.05) is 0 Å². The average molecular weight is 251 g/mol. The Labute approximate surface area is 114 Å². The van der Waals surface area contributed by atoms with Gasteiger partial charge in [-0.1, -0.05) is 40.0 Å². The van der Waals surface area contributed by atoms with E-state index in [1.54, 1.807) is 0 Å². The van der Waals surface area contributed by atoms with Crippen LogP contribution in [-0.4, -0.2) is 24.5 Å². The molecular formula is C17H33N. The van der Waals surface area contributed by atoms with Crippen molar-refractivity contribution < 1.29 is 0 Å². The van der Waals surface area contributed by atoms with Crippen molar-refractivity contribution in [2.45, 2.75) is 72.1 Å². The highest BCUT2D eigenvalue weighted by Crippen LogP contribution is 2.30. The molecule has 2 fully saturated rings. The van der Waals surface area contributed by atoms with Gasteiger partial charge >= 0.3 is 0 Å². The van der Waals surface area contributed by atoms with Crippen LogP contribution in [0.3, 0.4) is 0 Å². The molecule has 18 heavy (non-hydrogen) atoms. The lowest BCUT2D eigenvalue weighted by Gasteiger charge is -2.27. The predicted octanol–water partition coefficient (Wildman–Crippen LogP) is 4.71. The van der Waals surface area contributed by atoms with Crippen LogP contribution in [0.2, 0.25) is 0 Å². The molecule has 0 radical (unpaired) electrons. The fourth-order valence-corrected chi connectivity index (χ4v) is 3.69. The van der Waals surface area contributed by atoms with Crippen LogP contribution in [0, 0.1) is 17.3 Å². The fraction of sp³-hybridized carbons (Fsp3) is 1.00. The van der Waals surface area contributed by atoms with Gasteiger partial charge in [0.15, 0.2) is 0 Å². The van der Waals surface area contributed by atoms with Crippen LogP contribution in [0.4, 0.5) is 0 Å². The molecule has 1 aliphatic carbocycles. The zero-order chi connectivity index (χ0) is 13.0. The highest BCUT2D eigenvalue weighted by atomic mass is 15.1. The monoisotopic (exact) mass is 251 g/mol. The van der Waals surface area contributed by atoms with Crippen LogP contribution in [0.5, 0.6) is 0 Å². The lowest BCUT2D eigenvalue weighted by molar-refractivity contribution is 0.224. The van der Waals surface area contributed by atoms with Crippen molar-refractivity contribution in [3.05, 3.63) is 0 Å². The Hall–Kier alpha value is -0.0400. The SMILES string of the molecule is CC(C)(C)CC[C@@H]1CCN(CC2CCCCC2)C1. The number of hydrogen-bond donors (Lipinski definition) is 0. The summed E-state index contributed by atoms with van der Waals surface area (Å²) in [6.07, 6.45) is 11.8. The van der Waals surface area contributed by atoms with Gasteiger partial charge in [0, 0.05) is 13.1 Å². The number of rotatable bonds is 4. The topological polar surface area (TPSA) is 3.24 Å². The summed E-state index contributed by atoms with van der Waals surface area (Å²) >= 11 is 0. The van der Waals surface area contributed by atoms with Gasteiger partial charge in [-0.2, -0.15) is 0 Å². The molecule has 1 saturated heterocycles. The first-order valence-electron chi connectivity index (χ1n) is 8.25. The molecule has 1 atom stereocenters.